The molecule has 3 heterocycles. The van der Waals surface area contributed by atoms with Crippen LogP contribution in [-0.2, 0) is 16.1 Å². The van der Waals surface area contributed by atoms with E-state index in [9.17, 15) is 14.4 Å². The zero-order valence-electron chi connectivity index (χ0n) is 13.5. The quantitative estimate of drug-likeness (QED) is 0.792. The number of piperidine rings is 2. The first-order valence-electron chi connectivity index (χ1n) is 8.62. The fraction of sp³-hybridized carbons (Fsp3) is 0.500. The van der Waals surface area contributed by atoms with Crippen molar-refractivity contribution in [2.45, 2.75) is 44.2 Å². The summed E-state index contributed by atoms with van der Waals surface area (Å²) in [6.07, 6.45) is 2.88. The van der Waals surface area contributed by atoms with Crippen LogP contribution in [0.15, 0.2) is 18.2 Å². The highest BCUT2D eigenvalue weighted by Crippen LogP contribution is 2.35. The number of amides is 3. The van der Waals surface area contributed by atoms with E-state index in [0.29, 0.717) is 18.9 Å². The number of carbonyl (C=O) groups is 3. The number of benzene rings is 1. The van der Waals surface area contributed by atoms with Gasteiger partial charge in [-0.1, -0.05) is 18.2 Å². The van der Waals surface area contributed by atoms with E-state index in [1.54, 1.807) is 4.90 Å². The number of hydrogen-bond donors (Lipinski definition) is 2. The van der Waals surface area contributed by atoms with Gasteiger partial charge >= 0.3 is 0 Å². The lowest BCUT2D eigenvalue weighted by Crippen LogP contribution is -2.52. The van der Waals surface area contributed by atoms with Gasteiger partial charge in [0.15, 0.2) is 0 Å². The van der Waals surface area contributed by atoms with Gasteiger partial charge in [-0.2, -0.15) is 0 Å². The molecule has 3 aliphatic heterocycles. The predicted molar refractivity (Wildman–Crippen MR) is 87.3 cm³/mol. The van der Waals surface area contributed by atoms with Gasteiger partial charge in [-0.05, 0) is 42.9 Å². The van der Waals surface area contributed by atoms with E-state index in [0.717, 1.165) is 42.6 Å². The zero-order valence-corrected chi connectivity index (χ0v) is 13.5. The Kier molecular flexibility index (Phi) is 3.84. The number of imide groups is 1. The topological polar surface area (TPSA) is 78.5 Å². The van der Waals surface area contributed by atoms with Gasteiger partial charge in [0, 0.05) is 25.1 Å². The fourth-order valence-electron chi connectivity index (χ4n) is 4.10. The van der Waals surface area contributed by atoms with E-state index < -0.39 is 6.04 Å². The van der Waals surface area contributed by atoms with Gasteiger partial charge in [0.2, 0.25) is 11.8 Å². The van der Waals surface area contributed by atoms with Gasteiger partial charge in [-0.25, -0.2) is 0 Å². The molecule has 0 saturated carbocycles. The van der Waals surface area contributed by atoms with Crippen LogP contribution < -0.4 is 10.6 Å². The molecular formula is C18H21N3O3. The van der Waals surface area contributed by atoms with E-state index >= 15 is 0 Å². The van der Waals surface area contributed by atoms with Crippen molar-refractivity contribution in [1.29, 1.82) is 0 Å². The zero-order chi connectivity index (χ0) is 16.7. The Hall–Kier alpha value is -2.21. The standard InChI is InChI=1S/C18H21N3O3/c22-15-7-6-14(17(23)20-15)21-10-12-3-1-5-13(16(12)18(21)24)11-4-2-8-19-9-11/h1,3,5,11,14,19H,2,4,6-10H2,(H,20,22,23). The molecule has 3 aliphatic rings. The monoisotopic (exact) mass is 327 g/mol. The maximum absolute atomic E-state index is 13.0. The number of nitrogens with zero attached hydrogens (tertiary/aromatic N) is 1. The van der Waals surface area contributed by atoms with Gasteiger partial charge in [-0.3, -0.25) is 19.7 Å². The molecule has 2 N–H and O–H groups in total. The first-order chi connectivity index (χ1) is 11.6. The molecule has 6 nitrogen and oxygen atoms in total. The molecule has 0 aliphatic carbocycles. The third-order valence-corrected chi connectivity index (χ3v) is 5.32. The summed E-state index contributed by atoms with van der Waals surface area (Å²) in [7, 11) is 0. The van der Waals surface area contributed by atoms with Crippen molar-refractivity contribution in [2.24, 2.45) is 0 Å². The summed E-state index contributed by atoms with van der Waals surface area (Å²) in [5.74, 6) is -0.331. The summed E-state index contributed by atoms with van der Waals surface area (Å²) >= 11 is 0. The normalized spacial score (nSPS) is 27.2. The van der Waals surface area contributed by atoms with Crippen LogP contribution in [0.4, 0.5) is 0 Å². The lowest BCUT2D eigenvalue weighted by atomic mass is 9.87. The first kappa shape index (κ1) is 15.3. The minimum atomic E-state index is -0.542. The minimum absolute atomic E-state index is 0.0688. The van der Waals surface area contributed by atoms with Crippen LogP contribution in [0.1, 0.15) is 53.1 Å². The second kappa shape index (κ2) is 6.02. The summed E-state index contributed by atoms with van der Waals surface area (Å²) in [6.45, 7) is 2.37. The fourth-order valence-corrected chi connectivity index (χ4v) is 4.10. The Balaban J connectivity index is 1.63. The average molecular weight is 327 g/mol. The lowest BCUT2D eigenvalue weighted by molar-refractivity contribution is -0.136. The van der Waals surface area contributed by atoms with Crippen molar-refractivity contribution in [3.63, 3.8) is 0 Å². The number of carbonyl (C=O) groups excluding carboxylic acids is 3. The molecule has 126 valence electrons. The van der Waals surface area contributed by atoms with Gasteiger partial charge in [-0.15, -0.1) is 0 Å². The highest BCUT2D eigenvalue weighted by Gasteiger charge is 2.40. The van der Waals surface area contributed by atoms with Gasteiger partial charge in [0.1, 0.15) is 6.04 Å². The van der Waals surface area contributed by atoms with Gasteiger partial charge in [0.25, 0.3) is 5.91 Å². The summed E-state index contributed by atoms with van der Waals surface area (Å²) in [4.78, 5) is 38.1. The van der Waals surface area contributed by atoms with E-state index in [1.165, 1.54) is 0 Å². The Labute approximate surface area is 140 Å². The van der Waals surface area contributed by atoms with Crippen molar-refractivity contribution in [1.82, 2.24) is 15.5 Å². The van der Waals surface area contributed by atoms with Gasteiger partial charge in [0.05, 0.1) is 0 Å². The van der Waals surface area contributed by atoms with Crippen LogP contribution in [0.25, 0.3) is 0 Å². The second-order valence-electron chi connectivity index (χ2n) is 6.82. The Morgan fingerprint density at radius 1 is 1.12 bits per heavy atom. The smallest absolute Gasteiger partial charge is 0.255 e. The molecule has 2 atom stereocenters. The molecule has 2 saturated heterocycles. The average Bonchev–Trinajstić information content (AvgIpc) is 2.93. The third-order valence-electron chi connectivity index (χ3n) is 5.32. The molecule has 2 unspecified atom stereocenters. The summed E-state index contributed by atoms with van der Waals surface area (Å²) in [5.41, 5.74) is 2.86. The molecule has 3 amide bonds. The van der Waals surface area contributed by atoms with Crippen molar-refractivity contribution in [2.75, 3.05) is 13.1 Å². The van der Waals surface area contributed by atoms with Crippen LogP contribution >= 0.6 is 0 Å². The highest BCUT2D eigenvalue weighted by atomic mass is 16.2. The Morgan fingerprint density at radius 2 is 2.00 bits per heavy atom. The molecule has 24 heavy (non-hydrogen) atoms. The van der Waals surface area contributed by atoms with E-state index in [-0.39, 0.29) is 24.1 Å². The minimum Gasteiger partial charge on any atom is -0.322 e. The summed E-state index contributed by atoms with van der Waals surface area (Å²) in [6, 6.07) is 5.48. The lowest BCUT2D eigenvalue weighted by Gasteiger charge is -2.29. The predicted octanol–water partition coefficient (Wildman–Crippen LogP) is 0.915. The highest BCUT2D eigenvalue weighted by molar-refractivity contribution is 6.06. The number of hydrogen-bond acceptors (Lipinski definition) is 4. The Morgan fingerprint density at radius 3 is 2.75 bits per heavy atom. The number of fused-ring (bicyclic) bond motifs is 1. The first-order valence-corrected chi connectivity index (χ1v) is 8.62. The van der Waals surface area contributed by atoms with Gasteiger partial charge < -0.3 is 10.2 Å². The second-order valence-corrected chi connectivity index (χ2v) is 6.82. The SMILES string of the molecule is O=C1CCC(N2Cc3cccc(C4CCCNC4)c3C2=O)C(=O)N1. The van der Waals surface area contributed by atoms with Crippen molar-refractivity contribution in [3.8, 4) is 0 Å². The molecule has 4 rings (SSSR count). The maximum Gasteiger partial charge on any atom is 0.255 e. The maximum atomic E-state index is 13.0. The Bertz CT molecular complexity index is 709. The third kappa shape index (κ3) is 2.51. The molecule has 0 bridgehead atoms. The summed E-state index contributed by atoms with van der Waals surface area (Å²) < 4.78 is 0. The molecule has 6 heteroatoms. The van der Waals surface area contributed by atoms with Crippen LogP contribution in [0, 0.1) is 0 Å². The van der Waals surface area contributed by atoms with Crippen LogP contribution in [0.5, 0.6) is 0 Å². The number of nitrogens with one attached hydrogen (secondary N) is 2. The molecular weight excluding hydrogens is 306 g/mol. The molecule has 0 radical (unpaired) electrons. The van der Waals surface area contributed by atoms with Crippen molar-refractivity contribution < 1.29 is 14.4 Å². The molecule has 1 aromatic rings. The van der Waals surface area contributed by atoms with E-state index in [4.69, 9.17) is 0 Å². The van der Waals surface area contributed by atoms with E-state index in [1.807, 2.05) is 18.2 Å². The van der Waals surface area contributed by atoms with Crippen LogP contribution in [0.3, 0.4) is 0 Å². The van der Waals surface area contributed by atoms with Crippen molar-refractivity contribution >= 4 is 17.7 Å². The van der Waals surface area contributed by atoms with Crippen LogP contribution in [-0.4, -0.2) is 41.8 Å². The molecule has 2 fully saturated rings. The summed E-state index contributed by atoms with van der Waals surface area (Å²) in [5, 5.41) is 5.75. The number of rotatable bonds is 2. The van der Waals surface area contributed by atoms with E-state index in [2.05, 4.69) is 10.6 Å². The molecule has 1 aromatic carbocycles. The van der Waals surface area contributed by atoms with Crippen LogP contribution in [0.2, 0.25) is 0 Å². The van der Waals surface area contributed by atoms with Crippen molar-refractivity contribution in [3.05, 3.63) is 34.9 Å². The largest absolute Gasteiger partial charge is 0.322 e. The molecule has 0 aromatic heterocycles. The molecule has 0 spiro atoms.